The van der Waals surface area contributed by atoms with E-state index < -0.39 is 0 Å². The summed E-state index contributed by atoms with van der Waals surface area (Å²) in [4.78, 5) is 33.3. The highest BCUT2D eigenvalue weighted by Crippen LogP contribution is 2.18. The van der Waals surface area contributed by atoms with Crippen molar-refractivity contribution in [2.45, 2.75) is 18.9 Å². The van der Waals surface area contributed by atoms with Gasteiger partial charge in [-0.2, -0.15) is 5.10 Å². The van der Waals surface area contributed by atoms with Crippen LogP contribution in [0.5, 0.6) is 0 Å². The second kappa shape index (κ2) is 6.39. The lowest BCUT2D eigenvalue weighted by atomic mass is 10.0. The van der Waals surface area contributed by atoms with Gasteiger partial charge in [0.1, 0.15) is 0 Å². The van der Waals surface area contributed by atoms with Gasteiger partial charge in [-0.1, -0.05) is 12.1 Å². The van der Waals surface area contributed by atoms with Crippen molar-refractivity contribution >= 4 is 22.6 Å². The Morgan fingerprint density at radius 3 is 3.16 bits per heavy atom. The number of rotatable bonds is 3. The maximum atomic E-state index is 12.7. The Kier molecular flexibility index (Phi) is 3.93. The number of nitrogens with one attached hydrogen (secondary N) is 3. The fourth-order valence-electron chi connectivity index (χ4n) is 3.28. The average molecular weight is 338 g/mol. The van der Waals surface area contributed by atoms with E-state index in [1.165, 1.54) is 6.20 Å². The first-order valence-electron chi connectivity index (χ1n) is 8.24. The largest absolute Gasteiger partial charge is 0.350 e. The number of hydrogen-bond acceptors (Lipinski definition) is 5. The number of amides is 1. The highest BCUT2D eigenvalue weighted by Gasteiger charge is 2.24. The van der Waals surface area contributed by atoms with E-state index in [9.17, 15) is 9.59 Å². The maximum absolute atomic E-state index is 12.7. The normalized spacial score (nSPS) is 17.6. The van der Waals surface area contributed by atoms with Gasteiger partial charge in [0.15, 0.2) is 5.82 Å². The van der Waals surface area contributed by atoms with Gasteiger partial charge in [0.05, 0.1) is 17.3 Å². The topological polar surface area (TPSA) is 107 Å². The number of aromatic nitrogens is 4. The molecule has 3 aromatic rings. The molecule has 1 amide bonds. The fourth-order valence-corrected chi connectivity index (χ4v) is 3.28. The van der Waals surface area contributed by atoms with E-state index in [2.05, 4.69) is 25.5 Å². The third-order valence-corrected chi connectivity index (χ3v) is 4.47. The molecule has 0 radical (unpaired) electrons. The van der Waals surface area contributed by atoms with Crippen LogP contribution in [0.15, 0.2) is 41.6 Å². The molecular weight excluding hydrogens is 320 g/mol. The maximum Gasteiger partial charge on any atom is 0.290 e. The van der Waals surface area contributed by atoms with Gasteiger partial charge in [-0.15, -0.1) is 0 Å². The van der Waals surface area contributed by atoms with Gasteiger partial charge < -0.3 is 15.2 Å². The summed E-state index contributed by atoms with van der Waals surface area (Å²) in [5, 5.41) is 10.8. The van der Waals surface area contributed by atoms with E-state index >= 15 is 0 Å². The average Bonchev–Trinajstić information content (AvgIpc) is 3.11. The molecule has 1 aromatic carbocycles. The first-order chi connectivity index (χ1) is 12.2. The fraction of sp³-hybridized carbons (Fsp3) is 0.294. The summed E-state index contributed by atoms with van der Waals surface area (Å²) in [6.45, 7) is 1.31. The molecule has 2 aromatic heterocycles. The molecule has 1 fully saturated rings. The van der Waals surface area contributed by atoms with Crippen LogP contribution in [-0.2, 0) is 0 Å². The highest BCUT2D eigenvalue weighted by molar-refractivity contribution is 6.05. The Bertz CT molecular complexity index is 963. The summed E-state index contributed by atoms with van der Waals surface area (Å²) < 4.78 is 0. The molecule has 1 aliphatic heterocycles. The predicted molar refractivity (Wildman–Crippen MR) is 93.7 cm³/mol. The van der Waals surface area contributed by atoms with Crippen LogP contribution in [0.3, 0.4) is 0 Å². The first kappa shape index (κ1) is 15.4. The van der Waals surface area contributed by atoms with Gasteiger partial charge in [0.25, 0.3) is 11.5 Å². The second-order valence-corrected chi connectivity index (χ2v) is 6.14. The number of anilines is 1. The summed E-state index contributed by atoms with van der Waals surface area (Å²) >= 11 is 0. The minimum Gasteiger partial charge on any atom is -0.350 e. The van der Waals surface area contributed by atoms with Gasteiger partial charge in [-0.3, -0.25) is 14.7 Å². The molecule has 3 N–H and O–H groups in total. The molecule has 1 aliphatic rings. The van der Waals surface area contributed by atoms with Crippen LogP contribution in [0.2, 0.25) is 0 Å². The Hall–Kier alpha value is -3.16. The number of carbonyl (C=O) groups is 1. The van der Waals surface area contributed by atoms with Crippen LogP contribution in [0.4, 0.5) is 5.82 Å². The lowest BCUT2D eigenvalue weighted by Gasteiger charge is -2.33. The van der Waals surface area contributed by atoms with Gasteiger partial charge in [-0.05, 0) is 18.9 Å². The standard InChI is InChI=1S/C17H18N6O2/c24-16(13-5-1-3-11-9-20-22-14(11)13)21-12-4-2-8-23(10-12)15-17(25)19-7-6-18-15/h1,3,5-7,9,12H,2,4,8,10H2,(H,19,25)(H,20,22)(H,21,24). The summed E-state index contributed by atoms with van der Waals surface area (Å²) in [5.74, 6) is 0.258. The molecule has 0 saturated carbocycles. The van der Waals surface area contributed by atoms with Gasteiger partial charge in [0.2, 0.25) is 0 Å². The zero-order valence-electron chi connectivity index (χ0n) is 13.5. The molecule has 0 bridgehead atoms. The van der Waals surface area contributed by atoms with Gasteiger partial charge >= 0.3 is 0 Å². The smallest absolute Gasteiger partial charge is 0.290 e. The van der Waals surface area contributed by atoms with E-state index in [1.54, 1.807) is 18.5 Å². The van der Waals surface area contributed by atoms with Crippen LogP contribution in [0, 0.1) is 0 Å². The Labute approximate surface area is 143 Å². The van der Waals surface area contributed by atoms with E-state index in [0.717, 1.165) is 30.3 Å². The monoisotopic (exact) mass is 338 g/mol. The van der Waals surface area contributed by atoms with Crippen LogP contribution in [0.25, 0.3) is 10.9 Å². The van der Waals surface area contributed by atoms with Crippen LogP contribution in [0.1, 0.15) is 23.2 Å². The van der Waals surface area contributed by atoms with Crippen molar-refractivity contribution in [1.29, 1.82) is 0 Å². The highest BCUT2D eigenvalue weighted by atomic mass is 16.1. The minimum absolute atomic E-state index is 0.0409. The van der Waals surface area contributed by atoms with Crippen LogP contribution < -0.4 is 15.8 Å². The number of piperidine rings is 1. The second-order valence-electron chi connectivity index (χ2n) is 6.14. The number of para-hydroxylation sites is 1. The molecule has 4 rings (SSSR count). The zero-order chi connectivity index (χ0) is 17.2. The quantitative estimate of drug-likeness (QED) is 0.662. The van der Waals surface area contributed by atoms with E-state index in [0.29, 0.717) is 17.9 Å². The summed E-state index contributed by atoms with van der Waals surface area (Å²) in [6, 6.07) is 5.49. The molecule has 1 unspecified atom stereocenters. The van der Waals surface area contributed by atoms with Crippen LogP contribution in [-0.4, -0.2) is 45.2 Å². The lowest BCUT2D eigenvalue weighted by Crippen LogP contribution is -2.49. The van der Waals surface area contributed by atoms with Crippen molar-refractivity contribution in [2.24, 2.45) is 0 Å². The molecule has 0 spiro atoms. The molecule has 1 atom stereocenters. The SMILES string of the molecule is O=C(NC1CCCN(c2ncc[nH]c2=O)C1)c1cccc2cn[nH]c12. The predicted octanol–water partition coefficient (Wildman–Crippen LogP) is 1.04. The van der Waals surface area contributed by atoms with Crippen molar-refractivity contribution in [3.63, 3.8) is 0 Å². The molecule has 8 heteroatoms. The third kappa shape index (κ3) is 2.98. The number of nitrogens with zero attached hydrogens (tertiary/aromatic N) is 3. The lowest BCUT2D eigenvalue weighted by molar-refractivity contribution is 0.0934. The molecular formula is C17H18N6O2. The van der Waals surface area contributed by atoms with Crippen molar-refractivity contribution in [2.75, 3.05) is 18.0 Å². The van der Waals surface area contributed by atoms with Crippen molar-refractivity contribution in [3.8, 4) is 0 Å². The van der Waals surface area contributed by atoms with Gasteiger partial charge in [-0.25, -0.2) is 4.98 Å². The summed E-state index contributed by atoms with van der Waals surface area (Å²) in [6.07, 6.45) is 6.53. The number of benzene rings is 1. The number of fused-ring (bicyclic) bond motifs is 1. The van der Waals surface area contributed by atoms with E-state index in [4.69, 9.17) is 0 Å². The number of hydrogen-bond donors (Lipinski definition) is 3. The first-order valence-corrected chi connectivity index (χ1v) is 8.24. The van der Waals surface area contributed by atoms with E-state index in [-0.39, 0.29) is 17.5 Å². The van der Waals surface area contributed by atoms with Gasteiger partial charge in [0, 0.05) is 36.9 Å². The Morgan fingerprint density at radius 1 is 1.36 bits per heavy atom. The molecule has 3 heterocycles. The number of H-pyrrole nitrogens is 2. The van der Waals surface area contributed by atoms with Crippen molar-refractivity contribution < 1.29 is 4.79 Å². The Morgan fingerprint density at radius 2 is 2.28 bits per heavy atom. The minimum atomic E-state index is -0.211. The summed E-state index contributed by atoms with van der Waals surface area (Å²) in [5.41, 5.74) is 1.09. The molecule has 0 aliphatic carbocycles. The van der Waals surface area contributed by atoms with E-state index in [1.807, 2.05) is 17.0 Å². The third-order valence-electron chi connectivity index (χ3n) is 4.47. The van der Waals surface area contributed by atoms with Crippen molar-refractivity contribution in [1.82, 2.24) is 25.5 Å². The molecule has 8 nitrogen and oxygen atoms in total. The van der Waals surface area contributed by atoms with Crippen LogP contribution >= 0.6 is 0 Å². The van der Waals surface area contributed by atoms with Crippen molar-refractivity contribution in [3.05, 3.63) is 52.7 Å². The number of carbonyl (C=O) groups excluding carboxylic acids is 1. The molecule has 128 valence electrons. The molecule has 25 heavy (non-hydrogen) atoms. The number of aromatic amines is 2. The zero-order valence-corrected chi connectivity index (χ0v) is 13.5. The summed E-state index contributed by atoms with van der Waals surface area (Å²) in [7, 11) is 0. The molecule has 1 saturated heterocycles. The Balaban J connectivity index is 1.51.